The summed E-state index contributed by atoms with van der Waals surface area (Å²) in [5.74, 6) is 1.98. The van der Waals surface area contributed by atoms with E-state index < -0.39 is 0 Å². The molecule has 0 saturated heterocycles. The molecule has 19 heavy (non-hydrogen) atoms. The van der Waals surface area contributed by atoms with E-state index in [0.29, 0.717) is 5.92 Å². The largest absolute Gasteiger partial charge is 0.356 e. The molecular formula is C17H28N2. The Morgan fingerprint density at radius 2 is 2.11 bits per heavy atom. The fraction of sp³-hybridized carbons (Fsp3) is 0.706. The second-order valence-corrected chi connectivity index (χ2v) is 6.19. The molecule has 1 aromatic heterocycles. The Morgan fingerprint density at radius 1 is 1.26 bits per heavy atom. The Labute approximate surface area is 118 Å². The minimum atomic E-state index is 0.705. The highest BCUT2D eigenvalue weighted by Gasteiger charge is 2.19. The van der Waals surface area contributed by atoms with Crippen LogP contribution in [0.4, 0.5) is 5.82 Å². The van der Waals surface area contributed by atoms with Gasteiger partial charge < -0.3 is 4.90 Å². The average molecular weight is 260 g/mol. The summed E-state index contributed by atoms with van der Waals surface area (Å²) in [5, 5.41) is 0. The third-order valence-corrected chi connectivity index (χ3v) is 3.81. The third-order valence-electron chi connectivity index (χ3n) is 3.81. The molecule has 0 fully saturated rings. The zero-order chi connectivity index (χ0) is 13.7. The molecule has 0 amide bonds. The van der Waals surface area contributed by atoms with Crippen molar-refractivity contribution in [1.29, 1.82) is 0 Å². The van der Waals surface area contributed by atoms with Crippen LogP contribution in [0.5, 0.6) is 0 Å². The first kappa shape index (κ1) is 14.4. The lowest BCUT2D eigenvalue weighted by molar-refractivity contribution is 0.576. The number of unbranched alkanes of at least 4 members (excludes halogenated alkanes) is 2. The van der Waals surface area contributed by atoms with E-state index in [4.69, 9.17) is 4.98 Å². The minimum Gasteiger partial charge on any atom is -0.356 e. The normalized spacial score (nSPS) is 14.8. The zero-order valence-electron chi connectivity index (χ0n) is 12.8. The number of pyridine rings is 1. The van der Waals surface area contributed by atoms with E-state index in [1.807, 2.05) is 0 Å². The molecule has 2 nitrogen and oxygen atoms in total. The maximum atomic E-state index is 4.95. The number of hydrogen-bond donors (Lipinski definition) is 0. The first-order valence-electron chi connectivity index (χ1n) is 7.94. The standard InChI is InChI=1S/C17H28N2/c1-4-5-6-9-16-11-10-15-8-7-12-19(13-14(2)3)17(15)18-16/h10-11,14H,4-9,12-13H2,1-3H3. The average Bonchev–Trinajstić information content (AvgIpc) is 2.39. The number of rotatable bonds is 6. The molecule has 0 radical (unpaired) electrons. The Morgan fingerprint density at radius 3 is 2.84 bits per heavy atom. The van der Waals surface area contributed by atoms with E-state index >= 15 is 0 Å². The third kappa shape index (κ3) is 3.95. The fourth-order valence-electron chi connectivity index (χ4n) is 2.87. The van der Waals surface area contributed by atoms with Gasteiger partial charge in [0.05, 0.1) is 0 Å². The summed E-state index contributed by atoms with van der Waals surface area (Å²) >= 11 is 0. The van der Waals surface area contributed by atoms with Crippen molar-refractivity contribution in [2.24, 2.45) is 5.92 Å². The first-order chi connectivity index (χ1) is 9.20. The molecular weight excluding hydrogens is 232 g/mol. The van der Waals surface area contributed by atoms with E-state index in [1.165, 1.54) is 55.7 Å². The topological polar surface area (TPSA) is 16.1 Å². The molecule has 0 N–H and O–H groups in total. The van der Waals surface area contributed by atoms with Gasteiger partial charge in [-0.25, -0.2) is 4.98 Å². The van der Waals surface area contributed by atoms with Gasteiger partial charge in [0.1, 0.15) is 5.82 Å². The van der Waals surface area contributed by atoms with Gasteiger partial charge in [-0.05, 0) is 43.2 Å². The molecule has 106 valence electrons. The second kappa shape index (κ2) is 6.93. The second-order valence-electron chi connectivity index (χ2n) is 6.19. The SMILES string of the molecule is CCCCCc1ccc2c(n1)N(CC(C)C)CCC2. The van der Waals surface area contributed by atoms with Crippen LogP contribution in [0, 0.1) is 5.92 Å². The molecule has 1 aliphatic rings. The number of fused-ring (bicyclic) bond motifs is 1. The molecule has 0 bridgehead atoms. The van der Waals surface area contributed by atoms with Crippen molar-refractivity contribution in [1.82, 2.24) is 4.98 Å². The molecule has 0 spiro atoms. The summed E-state index contributed by atoms with van der Waals surface area (Å²) in [6, 6.07) is 4.56. The first-order valence-corrected chi connectivity index (χ1v) is 7.94. The van der Waals surface area contributed by atoms with Crippen LogP contribution in [0.25, 0.3) is 0 Å². The smallest absolute Gasteiger partial charge is 0.132 e. The van der Waals surface area contributed by atoms with Crippen molar-refractivity contribution in [2.75, 3.05) is 18.0 Å². The van der Waals surface area contributed by atoms with Gasteiger partial charge >= 0.3 is 0 Å². The highest BCUT2D eigenvalue weighted by Crippen LogP contribution is 2.26. The number of nitrogens with zero attached hydrogens (tertiary/aromatic N) is 2. The summed E-state index contributed by atoms with van der Waals surface area (Å²) in [6.45, 7) is 9.15. The lowest BCUT2D eigenvalue weighted by Gasteiger charge is -2.31. The highest BCUT2D eigenvalue weighted by molar-refractivity contribution is 5.50. The van der Waals surface area contributed by atoms with Gasteiger partial charge in [0, 0.05) is 18.8 Å². The number of aromatic nitrogens is 1. The van der Waals surface area contributed by atoms with Gasteiger partial charge in [-0.2, -0.15) is 0 Å². The van der Waals surface area contributed by atoms with E-state index in [9.17, 15) is 0 Å². The van der Waals surface area contributed by atoms with Gasteiger partial charge in [0.15, 0.2) is 0 Å². The Balaban J connectivity index is 2.10. The molecule has 0 atom stereocenters. The van der Waals surface area contributed by atoms with Crippen LogP contribution in [-0.4, -0.2) is 18.1 Å². The van der Waals surface area contributed by atoms with Gasteiger partial charge in [-0.15, -0.1) is 0 Å². The maximum absolute atomic E-state index is 4.95. The summed E-state index contributed by atoms with van der Waals surface area (Å²) in [4.78, 5) is 7.44. The van der Waals surface area contributed by atoms with E-state index in [-0.39, 0.29) is 0 Å². The van der Waals surface area contributed by atoms with Crippen LogP contribution < -0.4 is 4.90 Å². The quantitative estimate of drug-likeness (QED) is 0.712. The van der Waals surface area contributed by atoms with Crippen molar-refractivity contribution in [2.45, 2.75) is 59.3 Å². The van der Waals surface area contributed by atoms with Gasteiger partial charge in [0.25, 0.3) is 0 Å². The van der Waals surface area contributed by atoms with Crippen LogP contribution in [-0.2, 0) is 12.8 Å². The summed E-state index contributed by atoms with van der Waals surface area (Å²) in [7, 11) is 0. The van der Waals surface area contributed by atoms with E-state index in [2.05, 4.69) is 37.8 Å². The monoisotopic (exact) mass is 260 g/mol. The molecule has 0 unspecified atom stereocenters. The van der Waals surface area contributed by atoms with Gasteiger partial charge in [-0.1, -0.05) is 39.7 Å². The number of anilines is 1. The Bertz CT molecular complexity index is 398. The van der Waals surface area contributed by atoms with Crippen LogP contribution in [0.1, 0.15) is 57.7 Å². The lowest BCUT2D eigenvalue weighted by Crippen LogP contribution is -2.33. The predicted molar refractivity (Wildman–Crippen MR) is 82.8 cm³/mol. The zero-order valence-corrected chi connectivity index (χ0v) is 12.8. The minimum absolute atomic E-state index is 0.705. The number of aryl methyl sites for hydroxylation is 2. The summed E-state index contributed by atoms with van der Waals surface area (Å²) in [5.41, 5.74) is 2.73. The molecule has 2 rings (SSSR count). The maximum Gasteiger partial charge on any atom is 0.132 e. The molecule has 0 saturated carbocycles. The lowest BCUT2D eigenvalue weighted by atomic mass is 10.0. The van der Waals surface area contributed by atoms with Crippen LogP contribution in [0.2, 0.25) is 0 Å². The van der Waals surface area contributed by atoms with Crippen molar-refractivity contribution < 1.29 is 0 Å². The molecule has 1 aromatic rings. The van der Waals surface area contributed by atoms with Crippen LogP contribution in [0.3, 0.4) is 0 Å². The summed E-state index contributed by atoms with van der Waals surface area (Å²) in [6.07, 6.45) is 7.48. The van der Waals surface area contributed by atoms with E-state index in [0.717, 1.165) is 13.0 Å². The van der Waals surface area contributed by atoms with Gasteiger partial charge in [0.2, 0.25) is 0 Å². The van der Waals surface area contributed by atoms with Crippen molar-refractivity contribution in [3.05, 3.63) is 23.4 Å². The fourth-order valence-corrected chi connectivity index (χ4v) is 2.87. The molecule has 1 aliphatic heterocycles. The molecule has 0 aromatic carbocycles. The van der Waals surface area contributed by atoms with E-state index in [1.54, 1.807) is 0 Å². The van der Waals surface area contributed by atoms with Crippen LogP contribution >= 0.6 is 0 Å². The van der Waals surface area contributed by atoms with Gasteiger partial charge in [-0.3, -0.25) is 0 Å². The molecule has 2 heteroatoms. The molecule has 2 heterocycles. The Hall–Kier alpha value is -1.05. The molecule has 0 aliphatic carbocycles. The number of hydrogen-bond acceptors (Lipinski definition) is 2. The van der Waals surface area contributed by atoms with Crippen molar-refractivity contribution >= 4 is 5.82 Å². The van der Waals surface area contributed by atoms with Crippen molar-refractivity contribution in [3.8, 4) is 0 Å². The Kier molecular flexibility index (Phi) is 5.24. The predicted octanol–water partition coefficient (Wildman–Crippen LogP) is 4.22. The highest BCUT2D eigenvalue weighted by atomic mass is 15.2. The van der Waals surface area contributed by atoms with Crippen molar-refractivity contribution in [3.63, 3.8) is 0 Å². The summed E-state index contributed by atoms with van der Waals surface area (Å²) < 4.78 is 0. The van der Waals surface area contributed by atoms with Crippen LogP contribution in [0.15, 0.2) is 12.1 Å².